The second kappa shape index (κ2) is 6.75. The van der Waals surface area contributed by atoms with Crippen LogP contribution in [0.15, 0.2) is 29.2 Å². The Kier molecular flexibility index (Phi) is 4.61. The predicted octanol–water partition coefficient (Wildman–Crippen LogP) is 3.81. The standard InChI is InChI=1S/C20H27NO3S/c22-20(21-14-16-6-2-1-3-9-19(16)21)15-10-12-18(13-11-15)25(23,24)17-7-4-5-8-17/h10-13,16-17,19H,1-9,14H2. The van der Waals surface area contributed by atoms with Crippen LogP contribution in [0.2, 0.25) is 0 Å². The highest BCUT2D eigenvalue weighted by Crippen LogP contribution is 2.37. The number of nitrogens with zero attached hydrogens (tertiary/aromatic N) is 1. The molecule has 0 bridgehead atoms. The molecule has 136 valence electrons. The fraction of sp³-hybridized carbons (Fsp3) is 0.650. The Morgan fingerprint density at radius 2 is 1.52 bits per heavy atom. The van der Waals surface area contributed by atoms with E-state index < -0.39 is 9.84 Å². The number of fused-ring (bicyclic) bond motifs is 1. The lowest BCUT2D eigenvalue weighted by molar-refractivity contribution is 0.0122. The van der Waals surface area contributed by atoms with Gasteiger partial charge in [0.05, 0.1) is 10.1 Å². The monoisotopic (exact) mass is 361 g/mol. The summed E-state index contributed by atoms with van der Waals surface area (Å²) in [5.41, 5.74) is 0.619. The molecule has 2 atom stereocenters. The molecule has 0 aromatic heterocycles. The topological polar surface area (TPSA) is 54.5 Å². The van der Waals surface area contributed by atoms with Crippen molar-refractivity contribution in [1.82, 2.24) is 4.90 Å². The first kappa shape index (κ1) is 17.1. The predicted molar refractivity (Wildman–Crippen MR) is 97.3 cm³/mol. The number of sulfone groups is 1. The van der Waals surface area contributed by atoms with E-state index >= 15 is 0 Å². The van der Waals surface area contributed by atoms with Crippen molar-refractivity contribution in [2.24, 2.45) is 5.92 Å². The molecule has 1 heterocycles. The Bertz CT molecular complexity index is 735. The van der Waals surface area contributed by atoms with E-state index in [9.17, 15) is 13.2 Å². The van der Waals surface area contributed by atoms with Gasteiger partial charge in [0.1, 0.15) is 0 Å². The van der Waals surface area contributed by atoms with E-state index in [1.54, 1.807) is 24.3 Å². The van der Waals surface area contributed by atoms with Crippen LogP contribution >= 0.6 is 0 Å². The van der Waals surface area contributed by atoms with Gasteiger partial charge in [0.2, 0.25) is 0 Å². The molecule has 2 saturated carbocycles. The summed E-state index contributed by atoms with van der Waals surface area (Å²) in [7, 11) is -3.24. The first-order valence-corrected chi connectivity index (χ1v) is 11.3. The maximum atomic E-state index is 12.8. The van der Waals surface area contributed by atoms with Gasteiger partial charge >= 0.3 is 0 Å². The molecular weight excluding hydrogens is 334 g/mol. The fourth-order valence-corrected chi connectivity index (χ4v) is 6.67. The number of hydrogen-bond acceptors (Lipinski definition) is 3. The summed E-state index contributed by atoms with van der Waals surface area (Å²) in [6.07, 6.45) is 9.66. The summed E-state index contributed by atoms with van der Waals surface area (Å²) in [4.78, 5) is 15.2. The third-order valence-corrected chi connectivity index (χ3v) is 8.66. The average molecular weight is 362 g/mol. The van der Waals surface area contributed by atoms with Crippen molar-refractivity contribution in [3.05, 3.63) is 29.8 Å². The largest absolute Gasteiger partial charge is 0.335 e. The molecule has 1 aliphatic heterocycles. The summed E-state index contributed by atoms with van der Waals surface area (Å²) in [5.74, 6) is 0.737. The molecule has 2 unspecified atom stereocenters. The zero-order valence-electron chi connectivity index (χ0n) is 14.7. The SMILES string of the molecule is O=C(c1ccc(S(=O)(=O)C2CCCC2)cc1)N1CC2CCCCCC21. The summed E-state index contributed by atoms with van der Waals surface area (Å²) in [6, 6.07) is 7.07. The fourth-order valence-electron chi connectivity index (χ4n) is 4.82. The molecule has 3 aliphatic rings. The van der Waals surface area contributed by atoms with Crippen molar-refractivity contribution < 1.29 is 13.2 Å². The minimum absolute atomic E-state index is 0.0629. The van der Waals surface area contributed by atoms with Gasteiger partial charge in [0.15, 0.2) is 9.84 Å². The van der Waals surface area contributed by atoms with Crippen molar-refractivity contribution in [2.45, 2.75) is 74.0 Å². The minimum Gasteiger partial charge on any atom is -0.335 e. The van der Waals surface area contributed by atoms with Gasteiger partial charge in [-0.1, -0.05) is 32.1 Å². The van der Waals surface area contributed by atoms with E-state index in [-0.39, 0.29) is 11.2 Å². The zero-order valence-corrected chi connectivity index (χ0v) is 15.5. The van der Waals surface area contributed by atoms with Crippen LogP contribution in [0, 0.1) is 5.92 Å². The minimum atomic E-state index is -3.24. The maximum absolute atomic E-state index is 12.8. The van der Waals surface area contributed by atoms with Gasteiger partial charge in [-0.15, -0.1) is 0 Å². The second-order valence-corrected chi connectivity index (χ2v) is 10.1. The van der Waals surface area contributed by atoms with Crippen LogP contribution in [0.25, 0.3) is 0 Å². The molecule has 5 heteroatoms. The van der Waals surface area contributed by atoms with Crippen molar-refractivity contribution in [3.63, 3.8) is 0 Å². The van der Waals surface area contributed by atoms with Gasteiger partial charge in [0.25, 0.3) is 5.91 Å². The van der Waals surface area contributed by atoms with Crippen LogP contribution in [0.1, 0.15) is 68.1 Å². The van der Waals surface area contributed by atoms with Crippen molar-refractivity contribution in [2.75, 3.05) is 6.54 Å². The van der Waals surface area contributed by atoms with E-state index in [1.807, 2.05) is 4.90 Å². The number of rotatable bonds is 3. The molecule has 3 fully saturated rings. The number of amides is 1. The molecule has 0 spiro atoms. The number of likely N-dealkylation sites (tertiary alicyclic amines) is 1. The molecule has 1 aromatic rings. The average Bonchev–Trinajstić information content (AvgIpc) is 3.09. The second-order valence-electron chi connectivity index (χ2n) is 7.90. The lowest BCUT2D eigenvalue weighted by Crippen LogP contribution is -2.58. The van der Waals surface area contributed by atoms with Gasteiger partial charge in [-0.2, -0.15) is 0 Å². The molecule has 1 amide bonds. The number of carbonyl (C=O) groups is 1. The normalized spacial score (nSPS) is 27.4. The Hall–Kier alpha value is -1.36. The van der Waals surface area contributed by atoms with Gasteiger partial charge in [-0.25, -0.2) is 8.42 Å². The smallest absolute Gasteiger partial charge is 0.254 e. The molecule has 4 rings (SSSR count). The first-order chi connectivity index (χ1) is 12.1. The third kappa shape index (κ3) is 3.12. The van der Waals surface area contributed by atoms with Crippen LogP contribution < -0.4 is 0 Å². The van der Waals surface area contributed by atoms with Crippen molar-refractivity contribution >= 4 is 15.7 Å². The van der Waals surface area contributed by atoms with E-state index in [0.717, 1.165) is 38.6 Å². The van der Waals surface area contributed by atoms with Gasteiger partial charge in [-0.05, 0) is 55.9 Å². The Balaban J connectivity index is 1.48. The van der Waals surface area contributed by atoms with Crippen LogP contribution in [-0.4, -0.2) is 37.1 Å². The van der Waals surface area contributed by atoms with E-state index in [2.05, 4.69) is 0 Å². The Morgan fingerprint density at radius 3 is 2.24 bits per heavy atom. The zero-order chi connectivity index (χ0) is 17.4. The highest BCUT2D eigenvalue weighted by atomic mass is 32.2. The quantitative estimate of drug-likeness (QED) is 0.823. The highest BCUT2D eigenvalue weighted by Gasteiger charge is 2.42. The highest BCUT2D eigenvalue weighted by molar-refractivity contribution is 7.92. The van der Waals surface area contributed by atoms with Crippen LogP contribution in [0.5, 0.6) is 0 Å². The molecule has 0 radical (unpaired) electrons. The lowest BCUT2D eigenvalue weighted by atomic mass is 9.84. The summed E-state index contributed by atoms with van der Waals surface area (Å²) >= 11 is 0. The van der Waals surface area contributed by atoms with Crippen molar-refractivity contribution in [1.29, 1.82) is 0 Å². The van der Waals surface area contributed by atoms with Crippen LogP contribution in [0.3, 0.4) is 0 Å². The van der Waals surface area contributed by atoms with E-state index in [0.29, 0.717) is 22.4 Å². The summed E-state index contributed by atoms with van der Waals surface area (Å²) < 4.78 is 25.3. The van der Waals surface area contributed by atoms with Gasteiger partial charge in [0, 0.05) is 18.2 Å². The first-order valence-electron chi connectivity index (χ1n) is 9.72. The molecule has 1 saturated heterocycles. The number of carbonyl (C=O) groups excluding carboxylic acids is 1. The Labute approximate surface area is 150 Å². The summed E-state index contributed by atoms with van der Waals surface area (Å²) in [5, 5.41) is -0.240. The number of benzene rings is 1. The number of hydrogen-bond donors (Lipinski definition) is 0. The van der Waals surface area contributed by atoms with E-state index in [1.165, 1.54) is 25.7 Å². The maximum Gasteiger partial charge on any atom is 0.254 e. The van der Waals surface area contributed by atoms with Crippen LogP contribution in [-0.2, 0) is 9.84 Å². The molecule has 1 aromatic carbocycles. The van der Waals surface area contributed by atoms with Gasteiger partial charge in [-0.3, -0.25) is 4.79 Å². The molecular formula is C20H27NO3S. The lowest BCUT2D eigenvalue weighted by Gasteiger charge is -2.48. The van der Waals surface area contributed by atoms with Crippen LogP contribution in [0.4, 0.5) is 0 Å². The Morgan fingerprint density at radius 1 is 0.880 bits per heavy atom. The van der Waals surface area contributed by atoms with E-state index in [4.69, 9.17) is 0 Å². The molecule has 25 heavy (non-hydrogen) atoms. The van der Waals surface area contributed by atoms with Gasteiger partial charge < -0.3 is 4.90 Å². The third-order valence-electron chi connectivity index (χ3n) is 6.38. The molecule has 4 nitrogen and oxygen atoms in total. The summed E-state index contributed by atoms with van der Waals surface area (Å²) in [6.45, 7) is 0.867. The molecule has 0 N–H and O–H groups in total. The van der Waals surface area contributed by atoms with Crippen molar-refractivity contribution in [3.8, 4) is 0 Å². The molecule has 2 aliphatic carbocycles.